The van der Waals surface area contributed by atoms with Crippen LogP contribution in [0.5, 0.6) is 0 Å². The molecule has 3 aliphatic rings. The monoisotopic (exact) mass is 501 g/mol. The molecule has 3 N–H and O–H groups in total. The van der Waals surface area contributed by atoms with E-state index in [1.54, 1.807) is 6.92 Å². The molecule has 0 bridgehead atoms. The Bertz CT molecular complexity index is 1030. The maximum absolute atomic E-state index is 13.3. The third-order valence-corrected chi connectivity index (χ3v) is 7.22. The summed E-state index contributed by atoms with van der Waals surface area (Å²) in [7, 11) is 0. The van der Waals surface area contributed by atoms with Gasteiger partial charge < -0.3 is 19.7 Å². The standard InChI is InChI=1S/C25H31N3O8/c1-2-35-19(30)10-11-28-23(32)16-9-8-15-17(12-18(29)22(31)20(15)21(16)24(28)33)26-27-25(34)36-13-14-6-4-3-5-7-14/h3-7,15-16,18,20-22,29,31H,2,8-13H2,1H3,(H,27,34)/t15-,16+,18+,20-,21+,22+/m0/s1. The first-order valence-electron chi connectivity index (χ1n) is 12.2. The molecule has 194 valence electrons. The van der Waals surface area contributed by atoms with Gasteiger partial charge in [-0.15, -0.1) is 0 Å². The Kier molecular flexibility index (Phi) is 8.00. The first kappa shape index (κ1) is 25.8. The normalized spacial score (nSPS) is 30.5. The number of benzene rings is 1. The van der Waals surface area contributed by atoms with Gasteiger partial charge in [-0.1, -0.05) is 30.3 Å². The first-order valence-corrected chi connectivity index (χ1v) is 12.2. The quantitative estimate of drug-likeness (QED) is 0.284. The lowest BCUT2D eigenvalue weighted by atomic mass is 9.60. The maximum atomic E-state index is 13.3. The van der Waals surface area contributed by atoms with Crippen LogP contribution >= 0.6 is 0 Å². The van der Waals surface area contributed by atoms with Gasteiger partial charge in [-0.25, -0.2) is 10.2 Å². The molecule has 1 aromatic rings. The number of esters is 1. The summed E-state index contributed by atoms with van der Waals surface area (Å²) >= 11 is 0. The Balaban J connectivity index is 1.45. The van der Waals surface area contributed by atoms with Gasteiger partial charge in [0.15, 0.2) is 0 Å². The molecule has 1 aromatic carbocycles. The van der Waals surface area contributed by atoms with Gasteiger partial charge in [0, 0.05) is 30.5 Å². The molecule has 4 rings (SSSR count). The molecule has 36 heavy (non-hydrogen) atoms. The summed E-state index contributed by atoms with van der Waals surface area (Å²) in [4.78, 5) is 51.2. The molecule has 1 heterocycles. The molecule has 0 spiro atoms. The van der Waals surface area contributed by atoms with Crippen molar-refractivity contribution in [2.75, 3.05) is 13.2 Å². The molecular formula is C25H31N3O8. The predicted octanol–water partition coefficient (Wildman–Crippen LogP) is 0.975. The van der Waals surface area contributed by atoms with Gasteiger partial charge in [0.05, 0.1) is 37.1 Å². The topological polar surface area (TPSA) is 155 Å². The van der Waals surface area contributed by atoms with Crippen molar-refractivity contribution < 1.29 is 38.9 Å². The largest absolute Gasteiger partial charge is 0.466 e. The Morgan fingerprint density at radius 2 is 1.81 bits per heavy atom. The number of hydrogen-bond donors (Lipinski definition) is 3. The molecule has 2 aliphatic carbocycles. The molecular weight excluding hydrogens is 470 g/mol. The van der Waals surface area contributed by atoms with Crippen molar-refractivity contribution in [1.29, 1.82) is 0 Å². The third-order valence-electron chi connectivity index (χ3n) is 7.22. The van der Waals surface area contributed by atoms with Crippen LogP contribution in [0.2, 0.25) is 0 Å². The number of amides is 3. The van der Waals surface area contributed by atoms with Crippen molar-refractivity contribution in [1.82, 2.24) is 10.3 Å². The van der Waals surface area contributed by atoms with E-state index in [1.807, 2.05) is 30.3 Å². The van der Waals surface area contributed by atoms with Crippen LogP contribution < -0.4 is 5.43 Å². The summed E-state index contributed by atoms with van der Waals surface area (Å²) in [6.07, 6.45) is -2.43. The van der Waals surface area contributed by atoms with E-state index in [2.05, 4.69) is 10.5 Å². The molecule has 2 saturated carbocycles. The molecule has 0 radical (unpaired) electrons. The summed E-state index contributed by atoms with van der Waals surface area (Å²) < 4.78 is 10.1. The average Bonchev–Trinajstić information content (AvgIpc) is 3.12. The highest BCUT2D eigenvalue weighted by atomic mass is 16.6. The second-order valence-electron chi connectivity index (χ2n) is 9.32. The van der Waals surface area contributed by atoms with E-state index in [0.717, 1.165) is 10.5 Å². The fraction of sp³-hybridized carbons (Fsp3) is 0.560. The van der Waals surface area contributed by atoms with Gasteiger partial charge in [0.2, 0.25) is 11.8 Å². The van der Waals surface area contributed by atoms with Crippen LogP contribution in [0.25, 0.3) is 0 Å². The fourth-order valence-corrected chi connectivity index (χ4v) is 5.59. The Labute approximate surface area is 208 Å². The second-order valence-corrected chi connectivity index (χ2v) is 9.32. The molecule has 11 heteroatoms. The first-order chi connectivity index (χ1) is 17.3. The van der Waals surface area contributed by atoms with Crippen molar-refractivity contribution in [3.8, 4) is 0 Å². The zero-order chi connectivity index (χ0) is 25.8. The molecule has 3 fully saturated rings. The summed E-state index contributed by atoms with van der Waals surface area (Å²) in [6.45, 7) is 1.85. The number of carbonyl (C=O) groups excluding carboxylic acids is 4. The van der Waals surface area contributed by atoms with Gasteiger partial charge in [-0.05, 0) is 25.3 Å². The minimum absolute atomic E-state index is 0.0212. The lowest BCUT2D eigenvalue weighted by Gasteiger charge is -2.45. The molecule has 0 aromatic heterocycles. The van der Waals surface area contributed by atoms with Gasteiger partial charge in [0.1, 0.15) is 6.61 Å². The Morgan fingerprint density at radius 3 is 2.53 bits per heavy atom. The molecule has 1 saturated heterocycles. The summed E-state index contributed by atoms with van der Waals surface area (Å²) in [5, 5.41) is 25.5. The minimum Gasteiger partial charge on any atom is -0.466 e. The smallest absolute Gasteiger partial charge is 0.428 e. The number of nitrogens with zero attached hydrogens (tertiary/aromatic N) is 2. The average molecular weight is 502 g/mol. The summed E-state index contributed by atoms with van der Waals surface area (Å²) in [6, 6.07) is 9.14. The highest BCUT2D eigenvalue weighted by molar-refractivity contribution is 6.06. The van der Waals surface area contributed by atoms with E-state index in [1.165, 1.54) is 0 Å². The molecule has 11 nitrogen and oxygen atoms in total. The Hall–Kier alpha value is -3.31. The van der Waals surface area contributed by atoms with Gasteiger partial charge in [0.25, 0.3) is 0 Å². The number of carbonyl (C=O) groups is 4. The lowest BCUT2D eigenvalue weighted by Crippen LogP contribution is -2.55. The lowest BCUT2D eigenvalue weighted by molar-refractivity contribution is -0.145. The van der Waals surface area contributed by atoms with E-state index in [4.69, 9.17) is 9.47 Å². The van der Waals surface area contributed by atoms with Crippen molar-refractivity contribution in [2.45, 2.75) is 51.4 Å². The van der Waals surface area contributed by atoms with Crippen molar-refractivity contribution in [2.24, 2.45) is 28.8 Å². The van der Waals surface area contributed by atoms with Crippen LogP contribution in [-0.4, -0.2) is 70.1 Å². The van der Waals surface area contributed by atoms with E-state index < -0.39 is 53.8 Å². The van der Waals surface area contributed by atoms with Gasteiger partial charge in [-0.3, -0.25) is 19.3 Å². The predicted molar refractivity (Wildman–Crippen MR) is 125 cm³/mol. The number of aliphatic hydroxyl groups is 2. The number of hydrogen-bond acceptors (Lipinski definition) is 9. The van der Waals surface area contributed by atoms with Crippen LogP contribution in [0, 0.1) is 23.7 Å². The third kappa shape index (κ3) is 5.26. The van der Waals surface area contributed by atoms with Crippen LogP contribution in [0.3, 0.4) is 0 Å². The number of ether oxygens (including phenoxy) is 2. The maximum Gasteiger partial charge on any atom is 0.428 e. The Morgan fingerprint density at radius 1 is 1.08 bits per heavy atom. The molecule has 0 unspecified atom stereocenters. The second kappa shape index (κ2) is 11.2. The van der Waals surface area contributed by atoms with E-state index in [0.29, 0.717) is 18.6 Å². The molecule has 6 atom stereocenters. The number of fused-ring (bicyclic) bond motifs is 3. The zero-order valence-electron chi connectivity index (χ0n) is 20.0. The summed E-state index contributed by atoms with van der Waals surface area (Å²) in [5.41, 5.74) is 3.60. The van der Waals surface area contributed by atoms with Crippen molar-refractivity contribution in [3.63, 3.8) is 0 Å². The highest BCUT2D eigenvalue weighted by Gasteiger charge is 2.59. The fourth-order valence-electron chi connectivity index (χ4n) is 5.59. The number of rotatable bonds is 7. The van der Waals surface area contributed by atoms with E-state index >= 15 is 0 Å². The number of aliphatic hydroxyl groups excluding tert-OH is 2. The van der Waals surface area contributed by atoms with Gasteiger partial charge >= 0.3 is 12.1 Å². The number of nitrogens with one attached hydrogen (secondary N) is 1. The van der Waals surface area contributed by atoms with Crippen LogP contribution in [-0.2, 0) is 30.5 Å². The SMILES string of the molecule is CCOC(=O)CCN1C(=O)[C@H]2[C@H]3[C@H](O)[C@H](O)CC(=NNC(=O)OCc4ccccc4)[C@@H]3CC[C@H]2C1=O. The van der Waals surface area contributed by atoms with E-state index in [9.17, 15) is 29.4 Å². The molecule has 3 amide bonds. The van der Waals surface area contributed by atoms with Crippen LogP contribution in [0.1, 0.15) is 38.2 Å². The minimum atomic E-state index is -1.23. The van der Waals surface area contributed by atoms with Crippen LogP contribution in [0.15, 0.2) is 35.4 Å². The number of likely N-dealkylation sites (tertiary alicyclic amines) is 1. The van der Waals surface area contributed by atoms with Crippen molar-refractivity contribution in [3.05, 3.63) is 35.9 Å². The summed E-state index contributed by atoms with van der Waals surface area (Å²) in [5.74, 6) is -3.95. The number of imide groups is 1. The van der Waals surface area contributed by atoms with Gasteiger partial charge in [-0.2, -0.15) is 5.10 Å². The van der Waals surface area contributed by atoms with E-state index in [-0.39, 0.29) is 38.5 Å². The van der Waals surface area contributed by atoms with Crippen LogP contribution in [0.4, 0.5) is 4.79 Å². The molecule has 1 aliphatic heterocycles. The van der Waals surface area contributed by atoms with Crippen molar-refractivity contribution >= 4 is 29.6 Å². The zero-order valence-corrected chi connectivity index (χ0v) is 20.0. The number of hydrazone groups is 1. The highest BCUT2D eigenvalue weighted by Crippen LogP contribution is 2.49.